The Morgan fingerprint density at radius 2 is 1.74 bits per heavy atom. The van der Waals surface area contributed by atoms with E-state index in [4.69, 9.17) is 9.47 Å². The van der Waals surface area contributed by atoms with Crippen molar-refractivity contribution < 1.29 is 14.3 Å². The van der Waals surface area contributed by atoms with Crippen LogP contribution in [0.5, 0.6) is 11.5 Å². The fourth-order valence-corrected chi connectivity index (χ4v) is 3.83. The molecule has 0 saturated carbocycles. The number of ether oxygens (including phenoxy) is 2. The topological polar surface area (TPSA) is 50.8 Å². The van der Waals surface area contributed by atoms with Gasteiger partial charge in [0.15, 0.2) is 11.5 Å². The van der Waals surface area contributed by atoms with Crippen molar-refractivity contribution in [3.63, 3.8) is 0 Å². The summed E-state index contributed by atoms with van der Waals surface area (Å²) in [6.07, 6.45) is 1.76. The molecule has 2 aliphatic rings. The van der Waals surface area contributed by atoms with E-state index >= 15 is 0 Å². The summed E-state index contributed by atoms with van der Waals surface area (Å²) in [5.41, 5.74) is 2.07. The molecule has 2 heterocycles. The van der Waals surface area contributed by atoms with Crippen molar-refractivity contribution in [2.45, 2.75) is 19.4 Å². The largest absolute Gasteiger partial charge is 0.486 e. The normalized spacial score (nSPS) is 17.5. The number of likely N-dealkylation sites (tertiary alicyclic amines) is 1. The fourth-order valence-electron chi connectivity index (χ4n) is 3.57. The standard InChI is InChI=1S/C21H23BrN2O3/c22-17-3-1-15(2-4-17)14-24-9-7-16(8-10-24)21(25)23-18-5-6-19-20(13-18)27-12-11-26-19/h1-6,13,16H,7-12,14H2,(H,23,25). The second-order valence-corrected chi connectivity index (χ2v) is 7.94. The Morgan fingerprint density at radius 3 is 2.48 bits per heavy atom. The summed E-state index contributed by atoms with van der Waals surface area (Å²) in [7, 11) is 0. The van der Waals surface area contributed by atoms with Gasteiger partial charge in [-0.25, -0.2) is 0 Å². The SMILES string of the molecule is O=C(Nc1ccc2c(c1)OCCO2)C1CCN(Cc2ccc(Br)cc2)CC1. The number of hydrogen-bond donors (Lipinski definition) is 1. The van der Waals surface area contributed by atoms with Crippen LogP contribution in [-0.4, -0.2) is 37.1 Å². The molecule has 0 spiro atoms. The maximum Gasteiger partial charge on any atom is 0.227 e. The van der Waals surface area contributed by atoms with Crippen LogP contribution < -0.4 is 14.8 Å². The van der Waals surface area contributed by atoms with Crippen molar-refractivity contribution >= 4 is 27.5 Å². The third-order valence-corrected chi connectivity index (χ3v) is 5.62. The highest BCUT2D eigenvalue weighted by Gasteiger charge is 2.25. The van der Waals surface area contributed by atoms with E-state index in [1.165, 1.54) is 5.56 Å². The van der Waals surface area contributed by atoms with Crippen molar-refractivity contribution in [2.75, 3.05) is 31.6 Å². The molecule has 0 radical (unpaired) electrons. The Morgan fingerprint density at radius 1 is 1.04 bits per heavy atom. The van der Waals surface area contributed by atoms with Gasteiger partial charge in [0.05, 0.1) is 0 Å². The molecule has 0 unspecified atom stereocenters. The van der Waals surface area contributed by atoms with Crippen LogP contribution in [-0.2, 0) is 11.3 Å². The summed E-state index contributed by atoms with van der Waals surface area (Å²) in [5, 5.41) is 3.03. The molecule has 0 aliphatic carbocycles. The van der Waals surface area contributed by atoms with Gasteiger partial charge in [-0.3, -0.25) is 9.69 Å². The monoisotopic (exact) mass is 430 g/mol. The first-order chi connectivity index (χ1) is 13.2. The summed E-state index contributed by atoms with van der Waals surface area (Å²) in [6, 6.07) is 14.0. The van der Waals surface area contributed by atoms with E-state index in [1.807, 2.05) is 18.2 Å². The number of hydrogen-bond acceptors (Lipinski definition) is 4. The predicted molar refractivity (Wildman–Crippen MR) is 108 cm³/mol. The summed E-state index contributed by atoms with van der Waals surface area (Å²) in [6.45, 7) is 3.92. The highest BCUT2D eigenvalue weighted by Crippen LogP contribution is 2.33. The average Bonchev–Trinajstić information content (AvgIpc) is 2.70. The quantitative estimate of drug-likeness (QED) is 0.793. The summed E-state index contributed by atoms with van der Waals surface area (Å²) >= 11 is 3.47. The van der Waals surface area contributed by atoms with Crippen LogP contribution in [0.3, 0.4) is 0 Å². The Balaban J connectivity index is 1.29. The molecule has 142 valence electrons. The summed E-state index contributed by atoms with van der Waals surface area (Å²) in [4.78, 5) is 15.0. The third kappa shape index (κ3) is 4.62. The van der Waals surface area contributed by atoms with Gasteiger partial charge >= 0.3 is 0 Å². The molecule has 2 aromatic carbocycles. The van der Waals surface area contributed by atoms with Crippen molar-refractivity contribution in [3.8, 4) is 11.5 Å². The van der Waals surface area contributed by atoms with Crippen LogP contribution in [0.25, 0.3) is 0 Å². The van der Waals surface area contributed by atoms with E-state index in [2.05, 4.69) is 50.4 Å². The molecule has 0 atom stereocenters. The van der Waals surface area contributed by atoms with Gasteiger partial charge in [-0.1, -0.05) is 28.1 Å². The highest BCUT2D eigenvalue weighted by atomic mass is 79.9. The lowest BCUT2D eigenvalue weighted by Gasteiger charge is -2.31. The number of rotatable bonds is 4. The number of anilines is 1. The molecule has 2 aromatic rings. The van der Waals surface area contributed by atoms with Crippen molar-refractivity contribution in [3.05, 3.63) is 52.5 Å². The first kappa shape index (κ1) is 18.3. The van der Waals surface area contributed by atoms with Crippen molar-refractivity contribution in [2.24, 2.45) is 5.92 Å². The lowest BCUT2D eigenvalue weighted by Crippen LogP contribution is -2.37. The molecule has 2 aliphatic heterocycles. The molecule has 1 saturated heterocycles. The molecular formula is C21H23BrN2O3. The van der Waals surface area contributed by atoms with E-state index in [0.717, 1.165) is 48.4 Å². The van der Waals surface area contributed by atoms with E-state index in [0.29, 0.717) is 19.0 Å². The van der Waals surface area contributed by atoms with Gasteiger partial charge in [-0.2, -0.15) is 0 Å². The molecule has 4 rings (SSSR count). The van der Waals surface area contributed by atoms with E-state index in [1.54, 1.807) is 0 Å². The number of amides is 1. The zero-order valence-electron chi connectivity index (χ0n) is 15.1. The van der Waals surface area contributed by atoms with Crippen LogP contribution in [0.15, 0.2) is 46.9 Å². The number of halogens is 1. The minimum atomic E-state index is 0.0550. The first-order valence-corrected chi connectivity index (χ1v) is 10.1. The molecule has 1 N–H and O–H groups in total. The molecule has 6 heteroatoms. The number of piperidine rings is 1. The van der Waals surface area contributed by atoms with Gasteiger partial charge < -0.3 is 14.8 Å². The molecule has 1 amide bonds. The fraction of sp³-hybridized carbons (Fsp3) is 0.381. The smallest absolute Gasteiger partial charge is 0.227 e. The van der Waals surface area contributed by atoms with Crippen LogP contribution in [0, 0.1) is 5.92 Å². The molecule has 0 aromatic heterocycles. The number of nitrogens with one attached hydrogen (secondary N) is 1. The molecule has 1 fully saturated rings. The lowest BCUT2D eigenvalue weighted by molar-refractivity contribution is -0.121. The van der Waals surface area contributed by atoms with Gasteiger partial charge in [0.25, 0.3) is 0 Å². The Hall–Kier alpha value is -2.05. The van der Waals surface area contributed by atoms with E-state index in [-0.39, 0.29) is 11.8 Å². The zero-order chi connectivity index (χ0) is 18.6. The lowest BCUT2D eigenvalue weighted by atomic mass is 9.95. The second kappa shape index (κ2) is 8.31. The first-order valence-electron chi connectivity index (χ1n) is 9.35. The van der Waals surface area contributed by atoms with Gasteiger partial charge in [0.1, 0.15) is 13.2 Å². The predicted octanol–water partition coefficient (Wildman–Crippen LogP) is 4.07. The van der Waals surface area contributed by atoms with Gasteiger partial charge in [-0.05, 0) is 55.8 Å². The van der Waals surface area contributed by atoms with Crippen molar-refractivity contribution in [1.82, 2.24) is 4.90 Å². The van der Waals surface area contributed by atoms with Crippen LogP contribution in [0.4, 0.5) is 5.69 Å². The van der Waals surface area contributed by atoms with E-state index in [9.17, 15) is 4.79 Å². The summed E-state index contributed by atoms with van der Waals surface area (Å²) in [5.74, 6) is 1.58. The van der Waals surface area contributed by atoms with Crippen LogP contribution in [0.2, 0.25) is 0 Å². The molecule has 5 nitrogen and oxygen atoms in total. The van der Waals surface area contributed by atoms with E-state index < -0.39 is 0 Å². The van der Waals surface area contributed by atoms with Crippen LogP contribution >= 0.6 is 15.9 Å². The van der Waals surface area contributed by atoms with Crippen LogP contribution in [0.1, 0.15) is 18.4 Å². The summed E-state index contributed by atoms with van der Waals surface area (Å²) < 4.78 is 12.2. The molecule has 0 bridgehead atoms. The molecular weight excluding hydrogens is 408 g/mol. The number of benzene rings is 2. The minimum Gasteiger partial charge on any atom is -0.486 e. The van der Waals surface area contributed by atoms with Gasteiger partial charge in [0, 0.05) is 28.7 Å². The average molecular weight is 431 g/mol. The Labute approximate surface area is 167 Å². The maximum absolute atomic E-state index is 12.6. The minimum absolute atomic E-state index is 0.0550. The second-order valence-electron chi connectivity index (χ2n) is 7.02. The maximum atomic E-state index is 12.6. The number of carbonyl (C=O) groups excluding carboxylic acids is 1. The number of carbonyl (C=O) groups is 1. The number of nitrogens with zero attached hydrogens (tertiary/aromatic N) is 1. The van der Waals surface area contributed by atoms with Gasteiger partial charge in [0.2, 0.25) is 5.91 Å². The zero-order valence-corrected chi connectivity index (χ0v) is 16.7. The highest BCUT2D eigenvalue weighted by molar-refractivity contribution is 9.10. The Bertz CT molecular complexity index is 802. The number of fused-ring (bicyclic) bond motifs is 1. The Kier molecular flexibility index (Phi) is 5.64. The van der Waals surface area contributed by atoms with Gasteiger partial charge in [-0.15, -0.1) is 0 Å². The molecule has 27 heavy (non-hydrogen) atoms. The van der Waals surface area contributed by atoms with Crippen molar-refractivity contribution in [1.29, 1.82) is 0 Å². The third-order valence-electron chi connectivity index (χ3n) is 5.09.